The Balaban J connectivity index is 1.65. The largest absolute Gasteiger partial charge is 0.360 e. The van der Waals surface area contributed by atoms with Crippen LogP contribution in [0.5, 0.6) is 0 Å². The maximum atomic E-state index is 13.2. The lowest BCUT2D eigenvalue weighted by Gasteiger charge is -2.26. The number of nitrogens with one attached hydrogen (secondary N) is 1. The van der Waals surface area contributed by atoms with Gasteiger partial charge >= 0.3 is 0 Å². The lowest BCUT2D eigenvalue weighted by Crippen LogP contribution is -2.43. The van der Waals surface area contributed by atoms with Crippen LogP contribution < -0.4 is 5.32 Å². The van der Waals surface area contributed by atoms with Crippen LogP contribution in [0.2, 0.25) is 0 Å². The van der Waals surface area contributed by atoms with Crippen LogP contribution in [0.1, 0.15) is 49.8 Å². The molecule has 1 aliphatic rings. The van der Waals surface area contributed by atoms with Gasteiger partial charge in [0.1, 0.15) is 17.6 Å². The Labute approximate surface area is 157 Å². The summed E-state index contributed by atoms with van der Waals surface area (Å²) in [5, 5.41) is 6.48. The summed E-state index contributed by atoms with van der Waals surface area (Å²) in [6.45, 7) is 4.31. The van der Waals surface area contributed by atoms with E-state index in [1.807, 2.05) is 6.92 Å². The molecule has 1 aromatic heterocycles. The summed E-state index contributed by atoms with van der Waals surface area (Å²) in [6.07, 6.45) is 2.48. The fourth-order valence-corrected chi connectivity index (χ4v) is 3.53. The summed E-state index contributed by atoms with van der Waals surface area (Å²) in [5.74, 6) is 0.369. The van der Waals surface area contributed by atoms with Gasteiger partial charge in [-0.3, -0.25) is 9.59 Å². The second-order valence-electron chi connectivity index (χ2n) is 6.92. The van der Waals surface area contributed by atoms with E-state index in [0.29, 0.717) is 31.0 Å². The van der Waals surface area contributed by atoms with Crippen LogP contribution in [0.3, 0.4) is 0 Å². The number of likely N-dealkylation sites (tertiary alicyclic amines) is 1. The van der Waals surface area contributed by atoms with Gasteiger partial charge in [0.05, 0.1) is 0 Å². The van der Waals surface area contributed by atoms with Gasteiger partial charge in [0.15, 0.2) is 5.82 Å². The number of hydrogen-bond acceptors (Lipinski definition) is 4. The minimum Gasteiger partial charge on any atom is -0.360 e. The molecule has 0 saturated carbocycles. The number of aryl methyl sites for hydroxylation is 1. The Kier molecular flexibility index (Phi) is 5.88. The number of rotatable bonds is 6. The second-order valence-corrected chi connectivity index (χ2v) is 6.92. The normalized spacial score (nSPS) is 17.7. The SMILES string of the molecule is CCC(CC(=O)N1CCC[C@H]1C(=O)Nc1cc(C)on1)c1ccc(F)cc1. The van der Waals surface area contributed by atoms with E-state index in [1.165, 1.54) is 12.1 Å². The molecule has 2 atom stereocenters. The summed E-state index contributed by atoms with van der Waals surface area (Å²) >= 11 is 0. The Hall–Kier alpha value is -2.70. The van der Waals surface area contributed by atoms with Gasteiger partial charge in [-0.25, -0.2) is 4.39 Å². The van der Waals surface area contributed by atoms with Crippen molar-refractivity contribution in [3.8, 4) is 0 Å². The lowest BCUT2D eigenvalue weighted by molar-refractivity contribution is -0.137. The third kappa shape index (κ3) is 4.53. The third-order valence-electron chi connectivity index (χ3n) is 5.01. The molecule has 1 unspecified atom stereocenters. The van der Waals surface area contributed by atoms with E-state index in [4.69, 9.17) is 4.52 Å². The number of aromatic nitrogens is 1. The van der Waals surface area contributed by atoms with E-state index in [2.05, 4.69) is 10.5 Å². The van der Waals surface area contributed by atoms with Gasteiger partial charge in [-0.15, -0.1) is 0 Å². The number of benzene rings is 1. The molecule has 2 aromatic rings. The topological polar surface area (TPSA) is 75.4 Å². The van der Waals surface area contributed by atoms with Crippen LogP contribution in [0.25, 0.3) is 0 Å². The molecule has 3 rings (SSSR count). The van der Waals surface area contributed by atoms with Crippen LogP contribution in [0.15, 0.2) is 34.9 Å². The van der Waals surface area contributed by atoms with Crippen molar-refractivity contribution < 1.29 is 18.5 Å². The first-order valence-corrected chi connectivity index (χ1v) is 9.27. The number of hydrogen-bond donors (Lipinski definition) is 1. The van der Waals surface area contributed by atoms with E-state index in [9.17, 15) is 14.0 Å². The van der Waals surface area contributed by atoms with E-state index in [-0.39, 0.29) is 23.5 Å². The Morgan fingerprint density at radius 1 is 1.37 bits per heavy atom. The Morgan fingerprint density at radius 3 is 2.74 bits per heavy atom. The van der Waals surface area contributed by atoms with Crippen LogP contribution in [0.4, 0.5) is 10.2 Å². The van der Waals surface area contributed by atoms with Crippen molar-refractivity contribution in [2.45, 2.75) is 51.5 Å². The van der Waals surface area contributed by atoms with Crippen molar-refractivity contribution in [3.63, 3.8) is 0 Å². The molecule has 0 aliphatic carbocycles. The molecule has 144 valence electrons. The first kappa shape index (κ1) is 19.1. The molecule has 0 spiro atoms. The molecule has 0 bridgehead atoms. The zero-order valence-electron chi connectivity index (χ0n) is 15.6. The monoisotopic (exact) mass is 373 g/mol. The summed E-state index contributed by atoms with van der Waals surface area (Å²) in [7, 11) is 0. The molecular formula is C20H24FN3O3. The predicted octanol–water partition coefficient (Wildman–Crippen LogP) is 3.64. The molecule has 2 amide bonds. The highest BCUT2D eigenvalue weighted by Crippen LogP contribution is 2.27. The molecule has 1 fully saturated rings. The van der Waals surface area contributed by atoms with Crippen molar-refractivity contribution in [3.05, 3.63) is 47.5 Å². The van der Waals surface area contributed by atoms with Gasteiger partial charge in [0, 0.05) is 19.0 Å². The molecular weight excluding hydrogens is 349 g/mol. The molecule has 6 nitrogen and oxygen atoms in total. The molecule has 7 heteroatoms. The van der Waals surface area contributed by atoms with E-state index >= 15 is 0 Å². The molecule has 1 saturated heterocycles. The number of amides is 2. The quantitative estimate of drug-likeness (QED) is 0.839. The first-order chi connectivity index (χ1) is 13.0. The minimum atomic E-state index is -0.500. The summed E-state index contributed by atoms with van der Waals surface area (Å²) in [5.41, 5.74) is 0.936. The summed E-state index contributed by atoms with van der Waals surface area (Å²) < 4.78 is 18.1. The van der Waals surface area contributed by atoms with Crippen molar-refractivity contribution in [2.24, 2.45) is 0 Å². The first-order valence-electron chi connectivity index (χ1n) is 9.27. The number of anilines is 1. The van der Waals surface area contributed by atoms with Gasteiger partial charge in [-0.05, 0) is 49.8 Å². The number of carbonyl (C=O) groups is 2. The van der Waals surface area contributed by atoms with Gasteiger partial charge in [0.2, 0.25) is 11.8 Å². The van der Waals surface area contributed by atoms with Gasteiger partial charge in [-0.2, -0.15) is 0 Å². The van der Waals surface area contributed by atoms with Gasteiger partial charge < -0.3 is 14.7 Å². The lowest BCUT2D eigenvalue weighted by atomic mass is 9.92. The molecule has 1 aliphatic heterocycles. The van der Waals surface area contributed by atoms with Crippen LogP contribution in [-0.2, 0) is 9.59 Å². The molecule has 0 radical (unpaired) electrons. The second kappa shape index (κ2) is 8.33. The molecule has 27 heavy (non-hydrogen) atoms. The Morgan fingerprint density at radius 2 is 2.11 bits per heavy atom. The zero-order chi connectivity index (χ0) is 19.4. The number of nitrogens with zero attached hydrogens (tertiary/aromatic N) is 2. The zero-order valence-corrected chi connectivity index (χ0v) is 15.6. The van der Waals surface area contributed by atoms with Crippen molar-refractivity contribution in [2.75, 3.05) is 11.9 Å². The average Bonchev–Trinajstić information content (AvgIpc) is 3.29. The van der Waals surface area contributed by atoms with Gasteiger partial charge in [-0.1, -0.05) is 24.2 Å². The molecule has 1 N–H and O–H groups in total. The summed E-state index contributed by atoms with van der Waals surface area (Å²) in [4.78, 5) is 27.1. The fraction of sp³-hybridized carbons (Fsp3) is 0.450. The van der Waals surface area contributed by atoms with Crippen LogP contribution in [0, 0.1) is 12.7 Å². The van der Waals surface area contributed by atoms with E-state index < -0.39 is 6.04 Å². The van der Waals surface area contributed by atoms with Crippen molar-refractivity contribution >= 4 is 17.6 Å². The minimum absolute atomic E-state index is 0.000557. The van der Waals surface area contributed by atoms with Crippen molar-refractivity contribution in [1.29, 1.82) is 0 Å². The van der Waals surface area contributed by atoms with Gasteiger partial charge in [0.25, 0.3) is 0 Å². The maximum Gasteiger partial charge on any atom is 0.248 e. The highest BCUT2D eigenvalue weighted by atomic mass is 19.1. The maximum absolute atomic E-state index is 13.2. The molecule has 2 heterocycles. The number of halogens is 1. The van der Waals surface area contributed by atoms with E-state index in [1.54, 1.807) is 30.0 Å². The predicted molar refractivity (Wildman–Crippen MR) is 98.7 cm³/mol. The number of carbonyl (C=O) groups excluding carboxylic acids is 2. The Bertz CT molecular complexity index is 803. The smallest absolute Gasteiger partial charge is 0.248 e. The third-order valence-corrected chi connectivity index (χ3v) is 5.01. The average molecular weight is 373 g/mol. The highest BCUT2D eigenvalue weighted by molar-refractivity contribution is 5.97. The van der Waals surface area contributed by atoms with Crippen LogP contribution in [-0.4, -0.2) is 34.5 Å². The van der Waals surface area contributed by atoms with E-state index in [0.717, 1.165) is 18.4 Å². The van der Waals surface area contributed by atoms with Crippen LogP contribution >= 0.6 is 0 Å². The summed E-state index contributed by atoms with van der Waals surface area (Å²) in [6, 6.07) is 7.40. The molecule has 1 aromatic carbocycles. The fourth-order valence-electron chi connectivity index (χ4n) is 3.53. The van der Waals surface area contributed by atoms with Crippen molar-refractivity contribution in [1.82, 2.24) is 10.1 Å². The highest BCUT2D eigenvalue weighted by Gasteiger charge is 2.35. The standard InChI is InChI=1S/C20H24FN3O3/c1-3-14(15-6-8-16(21)9-7-15)12-19(25)24-10-4-5-17(24)20(26)22-18-11-13(2)27-23-18/h6-9,11,14,17H,3-5,10,12H2,1-2H3,(H,22,23,26)/t14?,17-/m0/s1.